The molecule has 0 aliphatic carbocycles. The maximum absolute atomic E-state index is 14.8. The van der Waals surface area contributed by atoms with Crippen LogP contribution in [0.5, 0.6) is 0 Å². The van der Waals surface area contributed by atoms with Gasteiger partial charge < -0.3 is 4.90 Å². The first-order chi connectivity index (χ1) is 19.7. The average Bonchev–Trinajstić information content (AvgIpc) is 2.98. The number of hydrogen-bond acceptors (Lipinski definition) is 3. The number of benzene rings is 4. The molecule has 1 aliphatic rings. The van der Waals surface area contributed by atoms with Crippen molar-refractivity contribution in [2.45, 2.75) is 25.8 Å². The fourth-order valence-corrected chi connectivity index (χ4v) is 6.28. The van der Waals surface area contributed by atoms with Gasteiger partial charge in [-0.1, -0.05) is 89.4 Å². The summed E-state index contributed by atoms with van der Waals surface area (Å²) in [7, 11) is 0. The molecule has 4 aromatic rings. The highest BCUT2D eigenvalue weighted by Crippen LogP contribution is 2.41. The largest absolute Gasteiger partial charge is 0.341 e. The summed E-state index contributed by atoms with van der Waals surface area (Å²) in [5, 5.41) is 11.3. The Morgan fingerprint density at radius 3 is 1.95 bits per heavy atom. The summed E-state index contributed by atoms with van der Waals surface area (Å²) in [4.78, 5) is 18.5. The van der Waals surface area contributed by atoms with Crippen LogP contribution in [0.3, 0.4) is 0 Å². The summed E-state index contributed by atoms with van der Waals surface area (Å²) in [6.45, 7) is 2.49. The molecule has 1 atom stereocenters. The highest BCUT2D eigenvalue weighted by Gasteiger charge is 2.50. The van der Waals surface area contributed by atoms with Crippen molar-refractivity contribution in [3.63, 3.8) is 0 Å². The summed E-state index contributed by atoms with van der Waals surface area (Å²) < 4.78 is 0. The van der Waals surface area contributed by atoms with Gasteiger partial charge in [0.05, 0.1) is 27.7 Å². The van der Waals surface area contributed by atoms with Crippen LogP contribution in [0.4, 0.5) is 5.69 Å². The number of anilines is 1. The minimum absolute atomic E-state index is 0.122. The Kier molecular flexibility index (Phi) is 8.68. The predicted molar refractivity (Wildman–Crippen MR) is 171 cm³/mol. The first kappa shape index (κ1) is 29.1. The third kappa shape index (κ3) is 6.12. The van der Waals surface area contributed by atoms with Crippen molar-refractivity contribution in [1.29, 1.82) is 5.26 Å². The molecule has 8 heteroatoms. The van der Waals surface area contributed by atoms with E-state index in [2.05, 4.69) is 30.0 Å². The lowest BCUT2D eigenvalue weighted by atomic mass is 9.73. The number of hydrogen-bond donors (Lipinski definition) is 0. The van der Waals surface area contributed by atoms with Crippen molar-refractivity contribution in [3.05, 3.63) is 134 Å². The van der Waals surface area contributed by atoms with Crippen molar-refractivity contribution in [1.82, 2.24) is 4.90 Å². The highest BCUT2D eigenvalue weighted by molar-refractivity contribution is 7.80. The van der Waals surface area contributed by atoms with Gasteiger partial charge in [-0.15, -0.1) is 0 Å². The Morgan fingerprint density at radius 1 is 0.878 bits per heavy atom. The first-order valence-electron chi connectivity index (χ1n) is 13.1. The van der Waals surface area contributed by atoms with Crippen LogP contribution >= 0.6 is 47.0 Å². The SMILES string of the molecule is C[C@H](c1ccccc1)N1CC(Cc2ccc(Cl)cc2)(Cc2ccc(Cl)cc2)C(=O)N(c2ccc(C#N)c(Cl)c2)C1=S. The lowest BCUT2D eigenvalue weighted by Crippen LogP contribution is -2.64. The zero-order chi connectivity index (χ0) is 29.1. The van der Waals surface area contributed by atoms with Gasteiger partial charge >= 0.3 is 0 Å². The topological polar surface area (TPSA) is 47.3 Å². The molecule has 4 aromatic carbocycles. The number of thiocarbonyl (C=S) groups is 1. The Morgan fingerprint density at radius 2 is 1.44 bits per heavy atom. The van der Waals surface area contributed by atoms with E-state index < -0.39 is 5.41 Å². The minimum atomic E-state index is -0.909. The molecular weight excluding hydrogens is 593 g/mol. The summed E-state index contributed by atoms with van der Waals surface area (Å²) in [5.74, 6) is -0.135. The number of rotatable bonds is 7. The normalized spacial score (nSPS) is 15.5. The second kappa shape index (κ2) is 12.2. The van der Waals surface area contributed by atoms with Crippen molar-refractivity contribution < 1.29 is 4.79 Å². The molecule has 5 rings (SSSR count). The van der Waals surface area contributed by atoms with E-state index in [1.807, 2.05) is 66.7 Å². The lowest BCUT2D eigenvalue weighted by molar-refractivity contribution is -0.129. The molecule has 4 nitrogen and oxygen atoms in total. The van der Waals surface area contributed by atoms with Crippen LogP contribution < -0.4 is 4.90 Å². The molecule has 0 radical (unpaired) electrons. The Balaban J connectivity index is 1.68. The smallest absolute Gasteiger partial charge is 0.242 e. The number of amides is 1. The van der Waals surface area contributed by atoms with Gasteiger partial charge in [-0.25, -0.2) is 0 Å². The standard InChI is InChI=1S/C33H26Cl3N3OS/c1-22(25-5-3-2-4-6-25)38-21-33(18-23-7-12-27(34)13-8-23,19-24-9-14-28(35)15-10-24)31(40)39(32(38)41)29-16-11-26(20-37)30(36)17-29/h2-17,22H,18-19,21H2,1H3/t22-/m1/s1. The van der Waals surface area contributed by atoms with Gasteiger partial charge in [-0.2, -0.15) is 5.26 Å². The van der Waals surface area contributed by atoms with Crippen LogP contribution in [0.25, 0.3) is 0 Å². The van der Waals surface area contributed by atoms with Gasteiger partial charge in [0.25, 0.3) is 0 Å². The number of carbonyl (C=O) groups excluding carboxylic acids is 1. The van der Waals surface area contributed by atoms with E-state index in [0.29, 0.717) is 45.8 Å². The molecule has 0 unspecified atom stereocenters. The van der Waals surface area contributed by atoms with Crippen molar-refractivity contribution in [3.8, 4) is 6.07 Å². The van der Waals surface area contributed by atoms with Gasteiger partial charge in [0.1, 0.15) is 6.07 Å². The third-order valence-corrected chi connectivity index (χ3v) is 8.79. The van der Waals surface area contributed by atoms with Crippen molar-refractivity contribution in [2.75, 3.05) is 11.4 Å². The maximum atomic E-state index is 14.8. The molecule has 0 bridgehead atoms. The molecule has 1 amide bonds. The van der Waals surface area contributed by atoms with Crippen LogP contribution in [-0.4, -0.2) is 22.5 Å². The van der Waals surface area contributed by atoms with Gasteiger partial charge in [-0.05, 0) is 91.1 Å². The fraction of sp³-hybridized carbons (Fsp3) is 0.182. The molecule has 1 heterocycles. The molecule has 206 valence electrons. The Bertz CT molecular complexity index is 1570. The van der Waals surface area contributed by atoms with Gasteiger partial charge in [0.2, 0.25) is 5.91 Å². The third-order valence-electron chi connectivity index (χ3n) is 7.56. The number of halogens is 3. The molecule has 0 spiro atoms. The van der Waals surface area contributed by atoms with Crippen molar-refractivity contribution >= 4 is 63.7 Å². The summed E-state index contributed by atoms with van der Waals surface area (Å²) in [5.41, 5.74) is 2.98. The maximum Gasteiger partial charge on any atom is 0.242 e. The summed E-state index contributed by atoms with van der Waals surface area (Å²) >= 11 is 24.9. The molecule has 0 N–H and O–H groups in total. The fourth-order valence-electron chi connectivity index (χ4n) is 5.40. The molecule has 41 heavy (non-hydrogen) atoms. The van der Waals surface area contributed by atoms with Gasteiger partial charge in [-0.3, -0.25) is 9.69 Å². The van der Waals surface area contributed by atoms with Crippen LogP contribution in [0, 0.1) is 16.7 Å². The average molecular weight is 619 g/mol. The first-order valence-corrected chi connectivity index (χ1v) is 14.6. The molecule has 1 saturated heterocycles. The van der Waals surface area contributed by atoms with E-state index in [0.717, 1.165) is 16.7 Å². The van der Waals surface area contributed by atoms with Gasteiger partial charge in [0.15, 0.2) is 5.11 Å². The van der Waals surface area contributed by atoms with Crippen LogP contribution in [0.15, 0.2) is 97.1 Å². The molecular formula is C33H26Cl3N3OS. The van der Waals surface area contributed by atoms with Gasteiger partial charge in [0, 0.05) is 16.6 Å². The number of nitriles is 1. The highest BCUT2D eigenvalue weighted by atomic mass is 35.5. The monoisotopic (exact) mass is 617 g/mol. The minimum Gasteiger partial charge on any atom is -0.341 e. The second-order valence-corrected chi connectivity index (χ2v) is 11.9. The number of carbonyl (C=O) groups is 1. The van der Waals surface area contributed by atoms with E-state index in [1.165, 1.54) is 0 Å². The van der Waals surface area contributed by atoms with E-state index >= 15 is 0 Å². The zero-order valence-electron chi connectivity index (χ0n) is 22.2. The van der Waals surface area contributed by atoms with E-state index in [9.17, 15) is 10.1 Å². The lowest BCUT2D eigenvalue weighted by Gasteiger charge is -2.50. The van der Waals surface area contributed by atoms with E-state index in [-0.39, 0.29) is 17.0 Å². The van der Waals surface area contributed by atoms with E-state index in [4.69, 9.17) is 47.0 Å². The van der Waals surface area contributed by atoms with Crippen LogP contribution in [0.1, 0.15) is 35.2 Å². The zero-order valence-corrected chi connectivity index (χ0v) is 25.3. The summed E-state index contributed by atoms with van der Waals surface area (Å²) in [6.07, 6.45) is 0.902. The van der Waals surface area contributed by atoms with Crippen LogP contribution in [0.2, 0.25) is 15.1 Å². The molecule has 0 aromatic heterocycles. The van der Waals surface area contributed by atoms with Crippen molar-refractivity contribution in [2.24, 2.45) is 5.41 Å². The Hall–Kier alpha value is -3.40. The second-order valence-electron chi connectivity index (χ2n) is 10.3. The van der Waals surface area contributed by atoms with E-state index in [1.54, 1.807) is 23.1 Å². The molecule has 0 saturated carbocycles. The van der Waals surface area contributed by atoms with Crippen LogP contribution in [-0.2, 0) is 17.6 Å². The molecule has 1 aliphatic heterocycles. The Labute approximate surface area is 260 Å². The molecule has 1 fully saturated rings. The predicted octanol–water partition coefficient (Wildman–Crippen LogP) is 8.68. The summed E-state index contributed by atoms with van der Waals surface area (Å²) in [6, 6.07) is 32.2. The quantitative estimate of drug-likeness (QED) is 0.194. The number of nitrogens with zero attached hydrogens (tertiary/aromatic N) is 3.